The molecule has 0 radical (unpaired) electrons. The van der Waals surface area contributed by atoms with Crippen LogP contribution in [-0.2, 0) is 0 Å². The van der Waals surface area contributed by atoms with E-state index < -0.39 is 11.6 Å². The summed E-state index contributed by atoms with van der Waals surface area (Å²) in [6.45, 7) is 0. The van der Waals surface area contributed by atoms with Crippen LogP contribution >= 0.6 is 15.9 Å². The summed E-state index contributed by atoms with van der Waals surface area (Å²) in [5.41, 5.74) is 0.550. The normalized spacial score (nSPS) is 10.4. The standard InChI is InChI=1S/C10H5BrF2N2O/c11-10-9(14-8(4-16)15-10)5-1-6(12)3-7(13)2-5/h1-4H,(H,14,15). The molecule has 0 aliphatic carbocycles. The number of aromatic amines is 1. The Morgan fingerprint density at radius 2 is 1.88 bits per heavy atom. The number of rotatable bonds is 2. The maximum Gasteiger partial charge on any atom is 0.185 e. The molecule has 0 fully saturated rings. The number of halogens is 3. The zero-order chi connectivity index (χ0) is 11.7. The molecule has 0 unspecified atom stereocenters. The molecule has 2 aromatic rings. The lowest BCUT2D eigenvalue weighted by Crippen LogP contribution is -1.86. The first-order valence-corrected chi connectivity index (χ1v) is 5.06. The van der Waals surface area contributed by atoms with E-state index in [0.29, 0.717) is 16.6 Å². The van der Waals surface area contributed by atoms with Crippen molar-refractivity contribution in [1.82, 2.24) is 9.97 Å². The molecule has 0 aliphatic rings. The number of hydrogen-bond donors (Lipinski definition) is 1. The molecule has 82 valence electrons. The van der Waals surface area contributed by atoms with Crippen LogP contribution in [0.1, 0.15) is 10.6 Å². The lowest BCUT2D eigenvalue weighted by molar-refractivity contribution is 0.111. The van der Waals surface area contributed by atoms with Crippen LogP contribution in [0.15, 0.2) is 22.8 Å². The zero-order valence-corrected chi connectivity index (χ0v) is 9.38. The number of nitrogens with one attached hydrogen (secondary N) is 1. The van der Waals surface area contributed by atoms with E-state index in [1.165, 1.54) is 0 Å². The highest BCUT2D eigenvalue weighted by Crippen LogP contribution is 2.26. The van der Waals surface area contributed by atoms with Crippen LogP contribution in [0.5, 0.6) is 0 Å². The molecule has 1 N–H and O–H groups in total. The summed E-state index contributed by atoms with van der Waals surface area (Å²) in [5, 5.41) is 0. The third-order valence-electron chi connectivity index (χ3n) is 1.93. The van der Waals surface area contributed by atoms with Gasteiger partial charge in [-0.1, -0.05) is 0 Å². The Labute approximate surface area is 97.6 Å². The summed E-state index contributed by atoms with van der Waals surface area (Å²) in [5.74, 6) is -1.30. The minimum absolute atomic E-state index is 0.0894. The molecule has 0 saturated carbocycles. The van der Waals surface area contributed by atoms with E-state index >= 15 is 0 Å². The molecular formula is C10H5BrF2N2O. The van der Waals surface area contributed by atoms with Gasteiger partial charge in [-0.25, -0.2) is 13.8 Å². The van der Waals surface area contributed by atoms with Crippen molar-refractivity contribution in [2.45, 2.75) is 0 Å². The number of nitrogens with zero attached hydrogens (tertiary/aromatic N) is 1. The smallest absolute Gasteiger partial charge is 0.185 e. The molecule has 6 heteroatoms. The average molecular weight is 287 g/mol. The highest BCUT2D eigenvalue weighted by molar-refractivity contribution is 9.10. The summed E-state index contributed by atoms with van der Waals surface area (Å²) in [7, 11) is 0. The van der Waals surface area contributed by atoms with Gasteiger partial charge in [0.25, 0.3) is 0 Å². The third-order valence-corrected chi connectivity index (χ3v) is 2.50. The van der Waals surface area contributed by atoms with Gasteiger partial charge in [-0.2, -0.15) is 0 Å². The molecule has 0 amide bonds. The molecule has 0 bridgehead atoms. The minimum atomic E-state index is -0.697. The summed E-state index contributed by atoms with van der Waals surface area (Å²) >= 11 is 3.12. The fraction of sp³-hybridized carbons (Fsp3) is 0. The van der Waals surface area contributed by atoms with Crippen LogP contribution in [0.25, 0.3) is 11.3 Å². The quantitative estimate of drug-likeness (QED) is 0.863. The molecule has 0 atom stereocenters. The molecule has 2 rings (SSSR count). The fourth-order valence-electron chi connectivity index (χ4n) is 1.31. The highest BCUT2D eigenvalue weighted by atomic mass is 79.9. The summed E-state index contributed by atoms with van der Waals surface area (Å²) < 4.78 is 26.3. The van der Waals surface area contributed by atoms with E-state index in [9.17, 15) is 13.6 Å². The van der Waals surface area contributed by atoms with Gasteiger partial charge in [0, 0.05) is 11.6 Å². The molecule has 1 aromatic carbocycles. The summed E-state index contributed by atoms with van der Waals surface area (Å²) in [6.07, 6.45) is 0.518. The lowest BCUT2D eigenvalue weighted by Gasteiger charge is -1.98. The van der Waals surface area contributed by atoms with Crippen LogP contribution in [0.3, 0.4) is 0 Å². The Kier molecular flexibility index (Phi) is 2.82. The Hall–Kier alpha value is -1.56. The van der Waals surface area contributed by atoms with Crippen LogP contribution < -0.4 is 0 Å². The van der Waals surface area contributed by atoms with Crippen LogP contribution in [0.4, 0.5) is 8.78 Å². The topological polar surface area (TPSA) is 45.8 Å². The second-order valence-corrected chi connectivity index (χ2v) is 3.85. The number of carbonyl (C=O) groups is 1. The first-order valence-electron chi connectivity index (χ1n) is 4.27. The Morgan fingerprint density at radius 1 is 1.25 bits per heavy atom. The van der Waals surface area contributed by atoms with Gasteiger partial charge in [0.2, 0.25) is 0 Å². The second kappa shape index (κ2) is 4.13. The number of aromatic nitrogens is 2. The van der Waals surface area contributed by atoms with E-state index in [4.69, 9.17) is 0 Å². The number of H-pyrrole nitrogens is 1. The van der Waals surface area contributed by atoms with Crippen molar-refractivity contribution in [3.05, 3.63) is 40.3 Å². The number of imidazole rings is 1. The van der Waals surface area contributed by atoms with Crippen molar-refractivity contribution in [2.75, 3.05) is 0 Å². The van der Waals surface area contributed by atoms with Crippen molar-refractivity contribution in [2.24, 2.45) is 0 Å². The van der Waals surface area contributed by atoms with E-state index in [0.717, 1.165) is 18.2 Å². The Morgan fingerprint density at radius 3 is 2.38 bits per heavy atom. The third kappa shape index (κ3) is 2.01. The molecule has 0 spiro atoms. The number of aldehydes is 1. The molecule has 0 saturated heterocycles. The Bertz CT molecular complexity index is 533. The molecule has 3 nitrogen and oxygen atoms in total. The van der Waals surface area contributed by atoms with Crippen molar-refractivity contribution in [3.8, 4) is 11.3 Å². The number of carbonyl (C=O) groups excluding carboxylic acids is 1. The predicted octanol–water partition coefficient (Wildman–Crippen LogP) is 2.93. The van der Waals surface area contributed by atoms with Gasteiger partial charge < -0.3 is 4.98 Å². The van der Waals surface area contributed by atoms with Crippen molar-refractivity contribution in [1.29, 1.82) is 0 Å². The SMILES string of the molecule is O=Cc1nc(-c2cc(F)cc(F)c2)c(Br)[nH]1. The largest absolute Gasteiger partial charge is 0.330 e. The van der Waals surface area contributed by atoms with Gasteiger partial charge in [0.1, 0.15) is 21.9 Å². The molecule has 0 aliphatic heterocycles. The lowest BCUT2D eigenvalue weighted by atomic mass is 10.1. The first kappa shape index (κ1) is 10.9. The van der Waals surface area contributed by atoms with Gasteiger partial charge in [0.15, 0.2) is 12.1 Å². The zero-order valence-electron chi connectivity index (χ0n) is 7.80. The van der Waals surface area contributed by atoms with Crippen molar-refractivity contribution >= 4 is 22.2 Å². The van der Waals surface area contributed by atoms with Gasteiger partial charge in [-0.15, -0.1) is 0 Å². The monoisotopic (exact) mass is 286 g/mol. The van der Waals surface area contributed by atoms with E-state index in [1.54, 1.807) is 0 Å². The van der Waals surface area contributed by atoms with Gasteiger partial charge in [-0.05, 0) is 28.1 Å². The Balaban J connectivity index is 2.57. The fourth-order valence-corrected chi connectivity index (χ4v) is 1.83. The molecular weight excluding hydrogens is 282 g/mol. The summed E-state index contributed by atoms with van der Waals surface area (Å²) in [6, 6.07) is 3.04. The van der Waals surface area contributed by atoms with E-state index in [-0.39, 0.29) is 11.4 Å². The van der Waals surface area contributed by atoms with E-state index in [2.05, 4.69) is 25.9 Å². The first-order chi connectivity index (χ1) is 7.60. The van der Waals surface area contributed by atoms with Gasteiger partial charge in [-0.3, -0.25) is 4.79 Å². The van der Waals surface area contributed by atoms with Crippen molar-refractivity contribution in [3.63, 3.8) is 0 Å². The average Bonchev–Trinajstić information content (AvgIpc) is 2.58. The molecule has 16 heavy (non-hydrogen) atoms. The maximum atomic E-state index is 13.0. The minimum Gasteiger partial charge on any atom is -0.330 e. The van der Waals surface area contributed by atoms with Gasteiger partial charge in [0.05, 0.1) is 0 Å². The van der Waals surface area contributed by atoms with Crippen LogP contribution in [0.2, 0.25) is 0 Å². The number of hydrogen-bond acceptors (Lipinski definition) is 2. The molecule has 1 heterocycles. The van der Waals surface area contributed by atoms with Crippen molar-refractivity contribution < 1.29 is 13.6 Å². The van der Waals surface area contributed by atoms with Crippen LogP contribution in [-0.4, -0.2) is 16.3 Å². The van der Waals surface area contributed by atoms with Crippen LogP contribution in [0, 0.1) is 11.6 Å². The predicted molar refractivity (Wildman–Crippen MR) is 57.0 cm³/mol. The number of benzene rings is 1. The summed E-state index contributed by atoms with van der Waals surface area (Å²) in [4.78, 5) is 17.0. The second-order valence-electron chi connectivity index (χ2n) is 3.06. The molecule has 1 aromatic heterocycles. The maximum absolute atomic E-state index is 13.0. The highest BCUT2D eigenvalue weighted by Gasteiger charge is 2.11. The van der Waals surface area contributed by atoms with Gasteiger partial charge >= 0.3 is 0 Å². The van der Waals surface area contributed by atoms with E-state index in [1.807, 2.05) is 0 Å².